The summed E-state index contributed by atoms with van der Waals surface area (Å²) in [5.41, 5.74) is 1.46. The van der Waals surface area contributed by atoms with Gasteiger partial charge in [-0.25, -0.2) is 0 Å². The molecular formula is C9H11Br. The molecule has 54 valence electrons. The van der Waals surface area contributed by atoms with Gasteiger partial charge in [0.25, 0.3) is 0 Å². The highest BCUT2D eigenvalue weighted by molar-refractivity contribution is 9.09. The molecule has 1 fully saturated rings. The van der Waals surface area contributed by atoms with E-state index in [0.29, 0.717) is 4.83 Å². The molecule has 0 aromatic heterocycles. The Morgan fingerprint density at radius 1 is 1.50 bits per heavy atom. The maximum atomic E-state index is 4.02. The first-order chi connectivity index (χ1) is 4.77. The second kappa shape index (κ2) is 2.23. The van der Waals surface area contributed by atoms with Gasteiger partial charge in [0.15, 0.2) is 0 Å². The summed E-state index contributed by atoms with van der Waals surface area (Å²) in [7, 11) is 0. The van der Waals surface area contributed by atoms with Crippen LogP contribution < -0.4 is 0 Å². The third-order valence-corrected chi connectivity index (χ3v) is 3.26. The molecule has 1 heteroatoms. The second-order valence-electron chi connectivity index (χ2n) is 3.27. The first-order valence-corrected chi connectivity index (χ1v) is 4.69. The molecule has 0 aromatic carbocycles. The summed E-state index contributed by atoms with van der Waals surface area (Å²) in [6.45, 7) is 4.02. The van der Waals surface area contributed by atoms with Gasteiger partial charge in [-0.1, -0.05) is 40.2 Å². The molecule has 3 atom stereocenters. The second-order valence-corrected chi connectivity index (χ2v) is 4.45. The highest BCUT2D eigenvalue weighted by Gasteiger charge is 2.35. The van der Waals surface area contributed by atoms with Crippen molar-refractivity contribution in [2.24, 2.45) is 11.8 Å². The first-order valence-electron chi connectivity index (χ1n) is 3.77. The van der Waals surface area contributed by atoms with E-state index in [0.717, 1.165) is 11.8 Å². The third-order valence-electron chi connectivity index (χ3n) is 2.59. The minimum absolute atomic E-state index is 0.603. The van der Waals surface area contributed by atoms with E-state index < -0.39 is 0 Å². The van der Waals surface area contributed by atoms with Crippen molar-refractivity contribution in [3.8, 4) is 0 Å². The van der Waals surface area contributed by atoms with Crippen LogP contribution in [0.3, 0.4) is 0 Å². The number of hydrogen-bond donors (Lipinski definition) is 0. The lowest BCUT2D eigenvalue weighted by Gasteiger charge is -2.41. The van der Waals surface area contributed by atoms with Gasteiger partial charge in [0.05, 0.1) is 0 Å². The van der Waals surface area contributed by atoms with E-state index in [1.165, 1.54) is 18.4 Å². The summed E-state index contributed by atoms with van der Waals surface area (Å²) in [5, 5.41) is 0. The van der Waals surface area contributed by atoms with Crippen molar-refractivity contribution in [2.75, 3.05) is 0 Å². The van der Waals surface area contributed by atoms with Crippen molar-refractivity contribution < 1.29 is 0 Å². The molecule has 0 saturated heterocycles. The summed E-state index contributed by atoms with van der Waals surface area (Å²) in [5.74, 6) is 1.63. The van der Waals surface area contributed by atoms with Gasteiger partial charge < -0.3 is 0 Å². The van der Waals surface area contributed by atoms with E-state index in [1.54, 1.807) is 0 Å². The minimum atomic E-state index is 0.603. The number of halogens is 1. The topological polar surface area (TPSA) is 0 Å². The zero-order valence-corrected chi connectivity index (χ0v) is 7.47. The number of alkyl halides is 1. The summed E-state index contributed by atoms with van der Waals surface area (Å²) in [6.07, 6.45) is 7.11. The molecule has 0 aliphatic heterocycles. The summed E-state index contributed by atoms with van der Waals surface area (Å²) in [6, 6.07) is 0. The van der Waals surface area contributed by atoms with Crippen LogP contribution >= 0.6 is 15.9 Å². The molecule has 0 radical (unpaired) electrons. The van der Waals surface area contributed by atoms with Crippen LogP contribution in [0, 0.1) is 11.8 Å². The van der Waals surface area contributed by atoms with Gasteiger partial charge in [0, 0.05) is 4.83 Å². The maximum absolute atomic E-state index is 4.02. The van der Waals surface area contributed by atoms with E-state index in [9.17, 15) is 0 Å². The number of hydrogen-bond acceptors (Lipinski definition) is 0. The molecule has 0 aromatic rings. The quantitative estimate of drug-likeness (QED) is 0.415. The lowest BCUT2D eigenvalue weighted by molar-refractivity contribution is 0.312. The van der Waals surface area contributed by atoms with Crippen LogP contribution in [0.1, 0.15) is 12.8 Å². The fourth-order valence-electron chi connectivity index (χ4n) is 1.87. The first kappa shape index (κ1) is 6.66. The summed E-state index contributed by atoms with van der Waals surface area (Å²) >= 11 is 3.59. The molecule has 0 heterocycles. The lowest BCUT2D eigenvalue weighted by Crippen LogP contribution is -2.31. The van der Waals surface area contributed by atoms with Gasteiger partial charge in [-0.2, -0.15) is 0 Å². The molecule has 0 amide bonds. The predicted octanol–water partition coefficient (Wildman–Crippen LogP) is 2.90. The zero-order chi connectivity index (χ0) is 7.14. The smallest absolute Gasteiger partial charge is 0.0331 e. The van der Waals surface area contributed by atoms with E-state index in [1.807, 2.05) is 0 Å². The highest BCUT2D eigenvalue weighted by Crippen LogP contribution is 2.46. The molecule has 0 spiro atoms. The Bertz CT molecular complexity index is 193. The number of allylic oxidation sites excluding steroid dienone is 3. The average Bonchev–Trinajstić information content (AvgIpc) is 1.92. The summed E-state index contributed by atoms with van der Waals surface area (Å²) in [4.78, 5) is 0.603. The Kier molecular flexibility index (Phi) is 1.48. The van der Waals surface area contributed by atoms with Crippen LogP contribution in [-0.4, -0.2) is 4.83 Å². The molecule has 0 N–H and O–H groups in total. The van der Waals surface area contributed by atoms with Crippen LogP contribution in [-0.2, 0) is 0 Å². The van der Waals surface area contributed by atoms with Crippen LogP contribution in [0.25, 0.3) is 0 Å². The zero-order valence-electron chi connectivity index (χ0n) is 5.89. The Morgan fingerprint density at radius 3 is 2.90 bits per heavy atom. The van der Waals surface area contributed by atoms with E-state index in [4.69, 9.17) is 0 Å². The van der Waals surface area contributed by atoms with Gasteiger partial charge in [0.2, 0.25) is 0 Å². The number of fused-ring (bicyclic) bond motifs is 1. The van der Waals surface area contributed by atoms with Crippen LogP contribution in [0.15, 0.2) is 24.3 Å². The fraction of sp³-hybridized carbons (Fsp3) is 0.556. The van der Waals surface area contributed by atoms with Crippen LogP contribution in [0.5, 0.6) is 0 Å². The predicted molar refractivity (Wildman–Crippen MR) is 47.2 cm³/mol. The van der Waals surface area contributed by atoms with Crippen molar-refractivity contribution in [3.63, 3.8) is 0 Å². The molecule has 1 saturated carbocycles. The lowest BCUT2D eigenvalue weighted by atomic mass is 9.66. The molecule has 0 bridgehead atoms. The molecule has 2 aliphatic carbocycles. The Morgan fingerprint density at radius 2 is 2.30 bits per heavy atom. The molecule has 0 nitrogen and oxygen atoms in total. The van der Waals surface area contributed by atoms with Gasteiger partial charge in [0.1, 0.15) is 0 Å². The Hall–Kier alpha value is -0.0400. The Balaban J connectivity index is 2.13. The van der Waals surface area contributed by atoms with Crippen molar-refractivity contribution in [2.45, 2.75) is 17.7 Å². The molecule has 10 heavy (non-hydrogen) atoms. The SMILES string of the molecule is C=C1CC2C=CC(Br)CC12. The standard InChI is InChI=1S/C9H11Br/c1-6-4-7-2-3-8(10)5-9(6)7/h2-3,7-9H,1,4-5H2. The van der Waals surface area contributed by atoms with E-state index >= 15 is 0 Å². The normalized spacial score (nSPS) is 44.5. The number of rotatable bonds is 0. The Labute approximate surface area is 70.1 Å². The fourth-order valence-corrected chi connectivity index (χ4v) is 2.45. The summed E-state index contributed by atoms with van der Waals surface area (Å²) < 4.78 is 0. The van der Waals surface area contributed by atoms with Gasteiger partial charge in [-0.05, 0) is 24.7 Å². The van der Waals surface area contributed by atoms with Crippen molar-refractivity contribution in [3.05, 3.63) is 24.3 Å². The van der Waals surface area contributed by atoms with Crippen LogP contribution in [0.4, 0.5) is 0 Å². The molecule has 2 aliphatic rings. The minimum Gasteiger partial charge on any atom is -0.0995 e. The van der Waals surface area contributed by atoms with Gasteiger partial charge >= 0.3 is 0 Å². The highest BCUT2D eigenvalue weighted by atomic mass is 79.9. The van der Waals surface area contributed by atoms with Gasteiger partial charge in [-0.3, -0.25) is 0 Å². The molecular weight excluding hydrogens is 188 g/mol. The van der Waals surface area contributed by atoms with E-state index in [2.05, 4.69) is 34.7 Å². The van der Waals surface area contributed by atoms with Crippen molar-refractivity contribution in [1.82, 2.24) is 0 Å². The van der Waals surface area contributed by atoms with Crippen molar-refractivity contribution >= 4 is 15.9 Å². The van der Waals surface area contributed by atoms with Crippen LogP contribution in [0.2, 0.25) is 0 Å². The van der Waals surface area contributed by atoms with E-state index in [-0.39, 0.29) is 0 Å². The monoisotopic (exact) mass is 198 g/mol. The van der Waals surface area contributed by atoms with Crippen molar-refractivity contribution in [1.29, 1.82) is 0 Å². The maximum Gasteiger partial charge on any atom is 0.0331 e. The molecule has 2 rings (SSSR count). The van der Waals surface area contributed by atoms with Gasteiger partial charge in [-0.15, -0.1) is 0 Å². The molecule has 3 unspecified atom stereocenters. The average molecular weight is 199 g/mol. The largest absolute Gasteiger partial charge is 0.0995 e. The third kappa shape index (κ3) is 0.878.